The van der Waals surface area contributed by atoms with E-state index >= 15 is 0 Å². The van der Waals surface area contributed by atoms with Crippen molar-refractivity contribution in [2.75, 3.05) is 20.2 Å². The summed E-state index contributed by atoms with van der Waals surface area (Å²) in [4.78, 5) is 25.6. The summed E-state index contributed by atoms with van der Waals surface area (Å²) in [5.74, 6) is -2.15. The molecule has 0 amide bonds. The van der Waals surface area contributed by atoms with E-state index < -0.39 is 38.4 Å². The van der Waals surface area contributed by atoms with E-state index in [0.29, 0.717) is 11.3 Å². The topological polar surface area (TPSA) is 114 Å². The zero-order valence-corrected chi connectivity index (χ0v) is 11.8. The van der Waals surface area contributed by atoms with Crippen LogP contribution in [0, 0.1) is 0 Å². The summed E-state index contributed by atoms with van der Waals surface area (Å²) in [6.07, 6.45) is 0. The van der Waals surface area contributed by atoms with Crippen molar-refractivity contribution >= 4 is 33.3 Å². The number of sulfonamides is 1. The number of thiazole rings is 1. The van der Waals surface area contributed by atoms with Crippen molar-refractivity contribution in [2.45, 2.75) is 11.1 Å². The predicted octanol–water partition coefficient (Wildman–Crippen LogP) is 0.0249. The Bertz CT molecular complexity index is 579. The van der Waals surface area contributed by atoms with Crippen LogP contribution in [-0.4, -0.2) is 55.0 Å². The first-order chi connectivity index (χ1) is 8.80. The summed E-state index contributed by atoms with van der Waals surface area (Å²) < 4.78 is 29.1. The molecule has 10 heteroatoms. The highest BCUT2D eigenvalue weighted by molar-refractivity contribution is 7.91. The van der Waals surface area contributed by atoms with E-state index in [2.05, 4.69) is 9.72 Å². The fourth-order valence-electron chi connectivity index (χ4n) is 1.18. The monoisotopic (exact) mass is 308 g/mol. The van der Waals surface area contributed by atoms with Gasteiger partial charge in [0.2, 0.25) is 0 Å². The summed E-state index contributed by atoms with van der Waals surface area (Å²) in [6, 6.07) is 0. The van der Waals surface area contributed by atoms with Gasteiger partial charge in [0.25, 0.3) is 10.0 Å². The molecule has 1 aromatic heterocycles. The van der Waals surface area contributed by atoms with Crippen LogP contribution in [0.4, 0.5) is 0 Å². The third-order valence-corrected chi connectivity index (χ3v) is 5.19. The standard InChI is InChI=1S/C9H12N2O6S2/c1-3-17-6(12)4-11(2)19(15,16)9-7(8(13)14)10-5-18-9/h5H,3-4H2,1-2H3,(H,13,14). The SMILES string of the molecule is CCOC(=O)CN(C)S(=O)(=O)c1scnc1C(=O)O. The summed E-state index contributed by atoms with van der Waals surface area (Å²) in [6.45, 7) is 1.24. The third-order valence-electron chi connectivity index (χ3n) is 2.04. The molecule has 0 atom stereocenters. The van der Waals surface area contributed by atoms with Gasteiger partial charge in [-0.15, -0.1) is 11.3 Å². The Morgan fingerprint density at radius 2 is 2.16 bits per heavy atom. The maximum absolute atomic E-state index is 12.1. The molecular formula is C9H12N2O6S2. The van der Waals surface area contributed by atoms with Gasteiger partial charge in [0.1, 0.15) is 6.54 Å². The number of esters is 1. The highest BCUT2D eigenvalue weighted by atomic mass is 32.2. The maximum Gasteiger partial charge on any atom is 0.356 e. The first-order valence-corrected chi connectivity index (χ1v) is 7.41. The van der Waals surface area contributed by atoms with Crippen LogP contribution < -0.4 is 0 Å². The average molecular weight is 308 g/mol. The zero-order chi connectivity index (χ0) is 14.6. The Labute approximate surface area is 113 Å². The molecule has 8 nitrogen and oxygen atoms in total. The van der Waals surface area contributed by atoms with Gasteiger partial charge in [-0.2, -0.15) is 4.31 Å². The number of hydrogen-bond acceptors (Lipinski definition) is 7. The second-order valence-corrected chi connectivity index (χ2v) is 6.45. The first-order valence-electron chi connectivity index (χ1n) is 5.09. The molecule has 106 valence electrons. The molecule has 0 spiro atoms. The van der Waals surface area contributed by atoms with E-state index in [4.69, 9.17) is 5.11 Å². The van der Waals surface area contributed by atoms with Gasteiger partial charge in [-0.05, 0) is 6.92 Å². The van der Waals surface area contributed by atoms with Crippen LogP contribution in [-0.2, 0) is 19.6 Å². The largest absolute Gasteiger partial charge is 0.476 e. The van der Waals surface area contributed by atoms with Gasteiger partial charge in [0, 0.05) is 7.05 Å². The number of carbonyl (C=O) groups excluding carboxylic acids is 1. The molecule has 1 heterocycles. The van der Waals surface area contributed by atoms with E-state index in [1.54, 1.807) is 6.92 Å². The minimum absolute atomic E-state index is 0.133. The lowest BCUT2D eigenvalue weighted by molar-refractivity contribution is -0.143. The van der Waals surface area contributed by atoms with Crippen molar-refractivity contribution in [3.05, 3.63) is 11.2 Å². The smallest absolute Gasteiger partial charge is 0.356 e. The van der Waals surface area contributed by atoms with Gasteiger partial charge in [-0.1, -0.05) is 0 Å². The molecule has 0 aliphatic carbocycles. The summed E-state index contributed by atoms with van der Waals surface area (Å²) >= 11 is 0.680. The lowest BCUT2D eigenvalue weighted by Crippen LogP contribution is -2.33. The second-order valence-electron chi connectivity index (χ2n) is 3.36. The van der Waals surface area contributed by atoms with E-state index in [-0.39, 0.29) is 6.61 Å². The number of carboxylic acid groups (broad SMARTS) is 1. The second kappa shape index (κ2) is 6.08. The Kier molecular flexibility index (Phi) is 4.97. The lowest BCUT2D eigenvalue weighted by Gasteiger charge is -2.15. The van der Waals surface area contributed by atoms with Gasteiger partial charge in [0.05, 0.1) is 12.1 Å². The average Bonchev–Trinajstić information content (AvgIpc) is 2.78. The van der Waals surface area contributed by atoms with Gasteiger partial charge < -0.3 is 9.84 Å². The van der Waals surface area contributed by atoms with Crippen LogP contribution in [0.5, 0.6) is 0 Å². The molecule has 0 saturated carbocycles. The Hall–Kier alpha value is -1.52. The van der Waals surface area contributed by atoms with Crippen LogP contribution in [0.15, 0.2) is 9.72 Å². The molecular weight excluding hydrogens is 296 g/mol. The summed E-state index contributed by atoms with van der Waals surface area (Å²) in [5.41, 5.74) is 0.565. The number of aromatic carboxylic acids is 1. The molecule has 0 aliphatic heterocycles. The molecule has 19 heavy (non-hydrogen) atoms. The van der Waals surface area contributed by atoms with Crippen LogP contribution in [0.25, 0.3) is 0 Å². The Morgan fingerprint density at radius 3 is 2.68 bits per heavy atom. The van der Waals surface area contributed by atoms with Crippen molar-refractivity contribution in [1.82, 2.24) is 9.29 Å². The number of carboxylic acids is 1. The van der Waals surface area contributed by atoms with Gasteiger partial charge in [0.15, 0.2) is 9.90 Å². The van der Waals surface area contributed by atoms with Crippen molar-refractivity contribution in [3.63, 3.8) is 0 Å². The molecule has 1 aromatic rings. The predicted molar refractivity (Wildman–Crippen MR) is 65.5 cm³/mol. The Balaban J connectivity index is 3.00. The first kappa shape index (κ1) is 15.5. The van der Waals surface area contributed by atoms with E-state index in [1.807, 2.05) is 0 Å². The number of rotatable bonds is 6. The zero-order valence-electron chi connectivity index (χ0n) is 10.2. The van der Waals surface area contributed by atoms with Gasteiger partial charge in [-0.3, -0.25) is 4.79 Å². The molecule has 1 rings (SSSR count). The van der Waals surface area contributed by atoms with Crippen molar-refractivity contribution < 1.29 is 27.9 Å². The number of likely N-dealkylation sites (N-methyl/N-ethyl adjacent to an activating group) is 1. The van der Waals surface area contributed by atoms with Crippen molar-refractivity contribution in [3.8, 4) is 0 Å². The molecule has 0 radical (unpaired) electrons. The molecule has 0 saturated heterocycles. The number of nitrogens with zero attached hydrogens (tertiary/aromatic N) is 2. The Morgan fingerprint density at radius 1 is 1.53 bits per heavy atom. The number of aromatic nitrogens is 1. The summed E-state index contributed by atoms with van der Waals surface area (Å²) in [5, 5.41) is 8.84. The number of hydrogen-bond donors (Lipinski definition) is 1. The minimum Gasteiger partial charge on any atom is -0.476 e. The van der Waals surface area contributed by atoms with Crippen LogP contribution >= 0.6 is 11.3 Å². The number of carbonyl (C=O) groups is 2. The van der Waals surface area contributed by atoms with Crippen LogP contribution in [0.2, 0.25) is 0 Å². The summed E-state index contributed by atoms with van der Waals surface area (Å²) in [7, 11) is -2.91. The molecule has 0 fully saturated rings. The minimum atomic E-state index is -4.08. The van der Waals surface area contributed by atoms with Crippen LogP contribution in [0.3, 0.4) is 0 Å². The van der Waals surface area contributed by atoms with Gasteiger partial charge >= 0.3 is 11.9 Å². The molecule has 0 unspecified atom stereocenters. The normalized spacial score (nSPS) is 11.5. The van der Waals surface area contributed by atoms with Crippen LogP contribution in [0.1, 0.15) is 17.4 Å². The molecule has 1 N–H and O–H groups in total. The van der Waals surface area contributed by atoms with E-state index in [9.17, 15) is 18.0 Å². The third kappa shape index (κ3) is 3.49. The molecule has 0 aliphatic rings. The maximum atomic E-state index is 12.1. The number of ether oxygens (including phenoxy) is 1. The molecule has 0 aromatic carbocycles. The lowest BCUT2D eigenvalue weighted by atomic mass is 10.5. The fourth-order valence-corrected chi connectivity index (χ4v) is 3.62. The van der Waals surface area contributed by atoms with Crippen molar-refractivity contribution in [1.29, 1.82) is 0 Å². The van der Waals surface area contributed by atoms with E-state index in [0.717, 1.165) is 16.9 Å². The van der Waals surface area contributed by atoms with E-state index in [1.165, 1.54) is 0 Å². The highest BCUT2D eigenvalue weighted by Crippen LogP contribution is 2.23. The van der Waals surface area contributed by atoms with Gasteiger partial charge in [-0.25, -0.2) is 18.2 Å². The fraction of sp³-hybridized carbons (Fsp3) is 0.444. The molecule has 0 bridgehead atoms. The quantitative estimate of drug-likeness (QED) is 0.737. The van der Waals surface area contributed by atoms with Crippen molar-refractivity contribution in [2.24, 2.45) is 0 Å². The highest BCUT2D eigenvalue weighted by Gasteiger charge is 2.30.